The van der Waals surface area contributed by atoms with Gasteiger partial charge in [0.15, 0.2) is 0 Å². The number of hydrogen-bond acceptors (Lipinski definition) is 0. The second-order valence-corrected chi connectivity index (χ2v) is 48.1. The second-order valence-electron chi connectivity index (χ2n) is 15.0. The summed E-state index contributed by atoms with van der Waals surface area (Å²) in [4.78, 5) is 0. The quantitative estimate of drug-likeness (QED) is 0.116. The molecule has 0 unspecified atom stereocenters. The van der Waals surface area contributed by atoms with Gasteiger partial charge in [-0.25, -0.2) is 0 Å². The predicted molar refractivity (Wildman–Crippen MR) is 224 cm³/mol. The SMILES string of the molecule is CCc1cc2c(-c3ccc([Si](C)(C)C)cc3)cccc2[cH-]1.CCc1cc2c(-c3ccc([Si](C)(C)C)cc3)cccc2[cH-]1.C[Si](C)=[Zr]([Cl])[Cl]. The summed E-state index contributed by atoms with van der Waals surface area (Å²) < 4.78 is 0. The summed E-state index contributed by atoms with van der Waals surface area (Å²) in [5.41, 5.74) is 8.00. The van der Waals surface area contributed by atoms with Gasteiger partial charge in [-0.15, -0.1) is 69.1 Å². The van der Waals surface area contributed by atoms with Gasteiger partial charge < -0.3 is 0 Å². The molecular formula is C42H52Cl2Si3Zr-2. The van der Waals surface area contributed by atoms with Crippen LogP contribution in [0.5, 0.6) is 0 Å². The van der Waals surface area contributed by atoms with Crippen molar-refractivity contribution in [1.29, 1.82) is 0 Å². The third kappa shape index (κ3) is 10.1. The summed E-state index contributed by atoms with van der Waals surface area (Å²) in [7, 11) is 8.81. The van der Waals surface area contributed by atoms with Crippen molar-refractivity contribution in [2.75, 3.05) is 0 Å². The van der Waals surface area contributed by atoms with E-state index in [4.69, 9.17) is 17.0 Å². The molecule has 0 aliphatic heterocycles. The molecule has 6 heteroatoms. The molecule has 0 fully saturated rings. The number of benzene rings is 4. The van der Waals surface area contributed by atoms with Crippen molar-refractivity contribution in [3.63, 3.8) is 0 Å². The van der Waals surface area contributed by atoms with E-state index in [1.165, 1.54) is 65.3 Å². The Balaban J connectivity index is 0.000000186. The molecule has 6 rings (SSSR count). The minimum absolute atomic E-state index is 0.224. The maximum absolute atomic E-state index is 5.62. The molecule has 0 bridgehead atoms. The Labute approximate surface area is 307 Å². The normalized spacial score (nSPS) is 11.5. The summed E-state index contributed by atoms with van der Waals surface area (Å²) in [5.74, 6) is 0. The molecule has 0 amide bonds. The zero-order chi connectivity index (χ0) is 35.2. The van der Waals surface area contributed by atoms with Crippen LogP contribution in [0.2, 0.25) is 52.4 Å². The summed E-state index contributed by atoms with van der Waals surface area (Å²) in [6, 6.07) is 41.0. The molecule has 0 radical (unpaired) electrons. The van der Waals surface area contributed by atoms with Gasteiger partial charge in [0.1, 0.15) is 0 Å². The molecule has 6 aromatic carbocycles. The summed E-state index contributed by atoms with van der Waals surface area (Å²) in [5, 5.41) is 8.54. The Kier molecular flexibility index (Phi) is 13.8. The van der Waals surface area contributed by atoms with Crippen LogP contribution in [-0.4, -0.2) is 21.6 Å². The maximum atomic E-state index is 5.62. The number of fused-ring (bicyclic) bond motifs is 2. The number of rotatable bonds is 6. The fraction of sp³-hybridized carbons (Fsp3) is 0.286. The number of hydrogen-bond donors (Lipinski definition) is 0. The molecule has 0 saturated carbocycles. The molecule has 252 valence electrons. The van der Waals surface area contributed by atoms with Gasteiger partial charge in [0.2, 0.25) is 0 Å². The van der Waals surface area contributed by atoms with Crippen molar-refractivity contribution in [1.82, 2.24) is 0 Å². The van der Waals surface area contributed by atoms with Gasteiger partial charge in [-0.05, 0) is 24.0 Å². The fourth-order valence-corrected chi connectivity index (χ4v) is 8.14. The van der Waals surface area contributed by atoms with Gasteiger partial charge in [-0.2, -0.15) is 12.1 Å². The van der Waals surface area contributed by atoms with Crippen LogP contribution in [-0.2, 0) is 30.8 Å². The zero-order valence-corrected chi connectivity index (χ0v) is 37.5. The van der Waals surface area contributed by atoms with Crippen LogP contribution in [0, 0.1) is 0 Å². The van der Waals surface area contributed by atoms with Crippen LogP contribution >= 0.6 is 17.0 Å². The van der Waals surface area contributed by atoms with Gasteiger partial charge in [0, 0.05) is 0 Å². The van der Waals surface area contributed by atoms with Gasteiger partial charge in [0.25, 0.3) is 0 Å². The van der Waals surface area contributed by atoms with Crippen molar-refractivity contribution < 1.29 is 18.0 Å². The van der Waals surface area contributed by atoms with Crippen LogP contribution in [0.25, 0.3) is 43.8 Å². The first-order chi connectivity index (χ1) is 22.6. The van der Waals surface area contributed by atoms with Gasteiger partial charge in [0.05, 0.1) is 16.1 Å². The average Bonchev–Trinajstić information content (AvgIpc) is 3.69. The van der Waals surface area contributed by atoms with Crippen LogP contribution < -0.4 is 10.4 Å². The molecule has 0 aliphatic carbocycles. The Hall–Kier alpha value is -1.79. The molecule has 0 heterocycles. The van der Waals surface area contributed by atoms with E-state index >= 15 is 0 Å². The van der Waals surface area contributed by atoms with E-state index in [9.17, 15) is 0 Å². The molecular weight excluding hydrogens is 751 g/mol. The van der Waals surface area contributed by atoms with E-state index < -0.39 is 34.1 Å². The van der Waals surface area contributed by atoms with Crippen LogP contribution in [0.1, 0.15) is 25.0 Å². The first kappa shape index (κ1) is 39.0. The van der Waals surface area contributed by atoms with Crippen molar-refractivity contribution >= 4 is 70.5 Å². The Morgan fingerprint density at radius 3 is 1.17 bits per heavy atom. The van der Waals surface area contributed by atoms with E-state index in [0.29, 0.717) is 0 Å². The monoisotopic (exact) mass is 800 g/mol. The third-order valence-electron chi connectivity index (χ3n) is 8.94. The molecule has 0 aromatic heterocycles. The summed E-state index contributed by atoms with van der Waals surface area (Å²) in [6.45, 7) is 23.1. The van der Waals surface area contributed by atoms with E-state index in [2.05, 4.69) is 175 Å². The Morgan fingerprint density at radius 1 is 0.562 bits per heavy atom. The molecule has 0 spiro atoms. The van der Waals surface area contributed by atoms with Gasteiger partial charge in [-0.1, -0.05) is 135 Å². The van der Waals surface area contributed by atoms with Crippen molar-refractivity contribution in [2.24, 2.45) is 0 Å². The molecule has 0 aliphatic rings. The number of halogens is 2. The Bertz CT molecular complexity index is 1830. The third-order valence-corrected chi connectivity index (χ3v) is 32.8. The fourth-order valence-electron chi connectivity index (χ4n) is 5.80. The first-order valence-corrected chi connectivity index (χ1v) is 36.7. The van der Waals surface area contributed by atoms with E-state index in [1.54, 1.807) is 0 Å². The van der Waals surface area contributed by atoms with Crippen LogP contribution in [0.3, 0.4) is 0 Å². The molecule has 0 atom stereocenters. The zero-order valence-electron chi connectivity index (χ0n) is 30.6. The molecule has 0 saturated heterocycles. The predicted octanol–water partition coefficient (Wildman–Crippen LogP) is 12.8. The summed E-state index contributed by atoms with van der Waals surface area (Å²) in [6.07, 6.45) is 2.20. The summed E-state index contributed by atoms with van der Waals surface area (Å²) >= 11 is -1.65. The van der Waals surface area contributed by atoms with E-state index in [-0.39, 0.29) is 5.43 Å². The molecule has 0 N–H and O–H groups in total. The molecule has 6 aromatic rings. The van der Waals surface area contributed by atoms with Crippen molar-refractivity contribution in [3.8, 4) is 22.3 Å². The van der Waals surface area contributed by atoms with Crippen LogP contribution in [0.15, 0.2) is 109 Å². The topological polar surface area (TPSA) is 0 Å². The molecule has 0 nitrogen and oxygen atoms in total. The second kappa shape index (κ2) is 16.9. The van der Waals surface area contributed by atoms with Crippen molar-refractivity contribution in [3.05, 3.63) is 120 Å². The Morgan fingerprint density at radius 2 is 0.896 bits per heavy atom. The van der Waals surface area contributed by atoms with Crippen molar-refractivity contribution in [2.45, 2.75) is 79.1 Å². The van der Waals surface area contributed by atoms with E-state index in [1.807, 2.05) is 0 Å². The first-order valence-electron chi connectivity index (χ1n) is 17.2. The van der Waals surface area contributed by atoms with Gasteiger partial charge in [-0.3, -0.25) is 0 Å². The standard InChI is InChI=1S/2C20H23Si.C2H6Si.2ClH.Zr/c2*1-5-15-13-17-7-6-8-19(20(17)14-15)16-9-11-18(12-10-16)21(2,3)4;1-3-2;;;/h2*6-14H,5H2,1-4H3;1-2H3;2*1H;/q2*-1;;;;+2/p-2. The molecule has 48 heavy (non-hydrogen) atoms. The van der Waals surface area contributed by atoms with Gasteiger partial charge >= 0.3 is 53.5 Å². The average molecular weight is 803 g/mol. The number of aryl methyl sites for hydroxylation is 2. The minimum atomic E-state index is -1.65. The van der Waals surface area contributed by atoms with E-state index in [0.717, 1.165) is 12.8 Å². The van der Waals surface area contributed by atoms with Crippen LogP contribution in [0.4, 0.5) is 0 Å².